The predicted octanol–water partition coefficient (Wildman–Crippen LogP) is 0.896. The van der Waals surface area contributed by atoms with Crippen molar-refractivity contribution in [3.05, 3.63) is 24.2 Å². The molecule has 1 aromatic heterocycles. The summed E-state index contributed by atoms with van der Waals surface area (Å²) in [6, 6.07) is 3.08. The van der Waals surface area contributed by atoms with E-state index >= 15 is 0 Å². The minimum absolute atomic E-state index is 0.328. The summed E-state index contributed by atoms with van der Waals surface area (Å²) in [7, 11) is 0. The molecular weight excluding hydrogens is 212 g/mol. The molecule has 0 unspecified atom stereocenters. The molecule has 0 spiro atoms. The Balaban J connectivity index is 2.47. The van der Waals surface area contributed by atoms with Crippen LogP contribution in [0.2, 0.25) is 0 Å². The fourth-order valence-electron chi connectivity index (χ4n) is 1.18. The van der Waals surface area contributed by atoms with Gasteiger partial charge in [-0.15, -0.1) is 0 Å². The molecule has 0 bridgehead atoms. The number of aliphatic carboxylic acids is 1. The molecule has 16 heavy (non-hydrogen) atoms. The van der Waals surface area contributed by atoms with Gasteiger partial charge in [-0.2, -0.15) is 0 Å². The van der Waals surface area contributed by atoms with Crippen molar-refractivity contribution in [2.75, 3.05) is 13.1 Å². The van der Waals surface area contributed by atoms with Gasteiger partial charge < -0.3 is 19.7 Å². The molecule has 0 fully saturated rings. The lowest BCUT2D eigenvalue weighted by Crippen LogP contribution is -2.41. The summed E-state index contributed by atoms with van der Waals surface area (Å²) in [4.78, 5) is 23.3. The summed E-state index contributed by atoms with van der Waals surface area (Å²) >= 11 is 0. The van der Waals surface area contributed by atoms with Crippen molar-refractivity contribution < 1.29 is 19.1 Å². The van der Waals surface area contributed by atoms with Crippen LogP contribution < -0.4 is 5.32 Å². The Hall–Kier alpha value is -1.98. The first-order chi connectivity index (χ1) is 7.63. The van der Waals surface area contributed by atoms with Gasteiger partial charge in [-0.25, -0.2) is 4.79 Å². The standard InChI is InChI=1S/C10H14N2O4/c1-2-12(7-8-4-3-5-16-8)10(15)11-6-9(13)14/h3-5H,2,6-7H2,1H3,(H,11,15)(H,13,14). The van der Waals surface area contributed by atoms with Crippen molar-refractivity contribution in [1.82, 2.24) is 10.2 Å². The van der Waals surface area contributed by atoms with Crippen LogP contribution in [0.5, 0.6) is 0 Å². The van der Waals surface area contributed by atoms with Gasteiger partial charge in [-0.3, -0.25) is 4.79 Å². The van der Waals surface area contributed by atoms with Crippen molar-refractivity contribution in [2.24, 2.45) is 0 Å². The second-order valence-corrected chi connectivity index (χ2v) is 3.15. The SMILES string of the molecule is CCN(Cc1ccco1)C(=O)NCC(=O)O. The molecule has 6 heteroatoms. The summed E-state index contributed by atoms with van der Waals surface area (Å²) in [5.74, 6) is -0.408. The Morgan fingerprint density at radius 2 is 2.31 bits per heavy atom. The second kappa shape index (κ2) is 5.79. The normalized spacial score (nSPS) is 9.81. The summed E-state index contributed by atoms with van der Waals surface area (Å²) in [5.41, 5.74) is 0. The highest BCUT2D eigenvalue weighted by Gasteiger charge is 2.13. The molecule has 0 aliphatic rings. The summed E-state index contributed by atoms with van der Waals surface area (Å²) in [5, 5.41) is 10.7. The maximum Gasteiger partial charge on any atom is 0.323 e. The second-order valence-electron chi connectivity index (χ2n) is 3.15. The Bertz CT molecular complexity index is 348. The Kier molecular flexibility index (Phi) is 4.38. The molecule has 0 saturated heterocycles. The quantitative estimate of drug-likeness (QED) is 0.781. The van der Waals surface area contributed by atoms with Gasteiger partial charge in [0.2, 0.25) is 0 Å². The van der Waals surface area contributed by atoms with Crippen LogP contribution in [0, 0.1) is 0 Å². The molecule has 88 valence electrons. The summed E-state index contributed by atoms with van der Waals surface area (Å²) < 4.78 is 5.10. The number of rotatable bonds is 5. The summed E-state index contributed by atoms with van der Waals surface area (Å²) in [6.45, 7) is 2.23. The number of carboxylic acid groups (broad SMARTS) is 1. The average Bonchev–Trinajstić information content (AvgIpc) is 2.75. The predicted molar refractivity (Wildman–Crippen MR) is 55.8 cm³/mol. The van der Waals surface area contributed by atoms with E-state index in [1.807, 2.05) is 6.92 Å². The molecule has 2 amide bonds. The van der Waals surface area contributed by atoms with E-state index in [1.54, 1.807) is 12.1 Å². The molecule has 1 heterocycles. The molecule has 0 aliphatic heterocycles. The third kappa shape index (κ3) is 3.64. The Labute approximate surface area is 92.8 Å². The Morgan fingerprint density at radius 3 is 2.81 bits per heavy atom. The maximum atomic E-state index is 11.5. The smallest absolute Gasteiger partial charge is 0.323 e. The van der Waals surface area contributed by atoms with E-state index in [0.717, 1.165) is 0 Å². The topological polar surface area (TPSA) is 82.8 Å². The third-order valence-electron chi connectivity index (χ3n) is 1.99. The van der Waals surface area contributed by atoms with E-state index in [2.05, 4.69) is 5.32 Å². The molecule has 0 aliphatic carbocycles. The minimum Gasteiger partial charge on any atom is -0.480 e. The van der Waals surface area contributed by atoms with Crippen LogP contribution in [0.3, 0.4) is 0 Å². The number of urea groups is 1. The number of hydrogen-bond donors (Lipinski definition) is 2. The number of nitrogens with one attached hydrogen (secondary N) is 1. The van der Waals surface area contributed by atoms with Gasteiger partial charge in [-0.05, 0) is 19.1 Å². The molecule has 6 nitrogen and oxygen atoms in total. The zero-order chi connectivity index (χ0) is 12.0. The lowest BCUT2D eigenvalue weighted by molar-refractivity contribution is -0.135. The van der Waals surface area contributed by atoms with Crippen LogP contribution in [0.1, 0.15) is 12.7 Å². The molecule has 2 N–H and O–H groups in total. The first kappa shape index (κ1) is 12.1. The van der Waals surface area contributed by atoms with E-state index in [1.165, 1.54) is 11.2 Å². The zero-order valence-electron chi connectivity index (χ0n) is 8.97. The molecule has 1 rings (SSSR count). The fourth-order valence-corrected chi connectivity index (χ4v) is 1.18. The Morgan fingerprint density at radius 1 is 1.56 bits per heavy atom. The van der Waals surface area contributed by atoms with Gasteiger partial charge in [0.05, 0.1) is 12.8 Å². The van der Waals surface area contributed by atoms with E-state index in [9.17, 15) is 9.59 Å². The molecule has 0 aromatic carbocycles. The van der Waals surface area contributed by atoms with Gasteiger partial charge in [0, 0.05) is 6.54 Å². The third-order valence-corrected chi connectivity index (χ3v) is 1.99. The lowest BCUT2D eigenvalue weighted by atomic mass is 10.4. The highest BCUT2D eigenvalue weighted by Crippen LogP contribution is 2.05. The highest BCUT2D eigenvalue weighted by molar-refractivity contribution is 5.79. The molecule has 0 saturated carbocycles. The largest absolute Gasteiger partial charge is 0.480 e. The van der Waals surface area contributed by atoms with E-state index in [4.69, 9.17) is 9.52 Å². The molecule has 1 aromatic rings. The van der Waals surface area contributed by atoms with Crippen LogP contribution in [0.15, 0.2) is 22.8 Å². The van der Waals surface area contributed by atoms with Crippen LogP contribution in [0.4, 0.5) is 4.79 Å². The number of carbonyl (C=O) groups is 2. The van der Waals surface area contributed by atoms with Gasteiger partial charge in [0.15, 0.2) is 0 Å². The lowest BCUT2D eigenvalue weighted by Gasteiger charge is -2.19. The van der Waals surface area contributed by atoms with Crippen LogP contribution in [-0.2, 0) is 11.3 Å². The number of carboxylic acids is 1. The van der Waals surface area contributed by atoms with Gasteiger partial charge in [0.25, 0.3) is 0 Å². The van der Waals surface area contributed by atoms with E-state index in [-0.39, 0.29) is 6.54 Å². The zero-order valence-corrected chi connectivity index (χ0v) is 8.97. The first-order valence-electron chi connectivity index (χ1n) is 4.90. The minimum atomic E-state index is -1.07. The van der Waals surface area contributed by atoms with Crippen LogP contribution in [-0.4, -0.2) is 35.1 Å². The van der Waals surface area contributed by atoms with Gasteiger partial charge in [0.1, 0.15) is 12.3 Å². The number of furan rings is 1. The van der Waals surface area contributed by atoms with Crippen LogP contribution >= 0.6 is 0 Å². The van der Waals surface area contributed by atoms with Crippen LogP contribution in [0.25, 0.3) is 0 Å². The monoisotopic (exact) mass is 226 g/mol. The van der Waals surface area contributed by atoms with Gasteiger partial charge >= 0.3 is 12.0 Å². The first-order valence-corrected chi connectivity index (χ1v) is 4.90. The van der Waals surface area contributed by atoms with Crippen molar-refractivity contribution in [2.45, 2.75) is 13.5 Å². The van der Waals surface area contributed by atoms with Crippen molar-refractivity contribution >= 4 is 12.0 Å². The van der Waals surface area contributed by atoms with Crippen molar-refractivity contribution in [1.29, 1.82) is 0 Å². The van der Waals surface area contributed by atoms with Crippen molar-refractivity contribution in [3.63, 3.8) is 0 Å². The summed E-state index contributed by atoms with van der Waals surface area (Å²) in [6.07, 6.45) is 1.53. The highest BCUT2D eigenvalue weighted by atomic mass is 16.4. The molecular formula is C10H14N2O4. The number of amides is 2. The molecule has 0 atom stereocenters. The van der Waals surface area contributed by atoms with E-state index < -0.39 is 12.0 Å². The maximum absolute atomic E-state index is 11.5. The fraction of sp³-hybridized carbons (Fsp3) is 0.400. The van der Waals surface area contributed by atoms with E-state index in [0.29, 0.717) is 18.8 Å². The van der Waals surface area contributed by atoms with Crippen molar-refractivity contribution in [3.8, 4) is 0 Å². The number of nitrogens with zero attached hydrogens (tertiary/aromatic N) is 1. The van der Waals surface area contributed by atoms with Gasteiger partial charge in [-0.1, -0.05) is 0 Å². The number of hydrogen-bond acceptors (Lipinski definition) is 3. The average molecular weight is 226 g/mol. The number of carbonyl (C=O) groups excluding carboxylic acids is 1. The molecule has 0 radical (unpaired) electrons.